The third-order valence-corrected chi connectivity index (χ3v) is 3.85. The summed E-state index contributed by atoms with van der Waals surface area (Å²) in [6, 6.07) is 3.35. The molecule has 2 atom stereocenters. The first-order valence-electron chi connectivity index (χ1n) is 7.53. The lowest BCUT2D eigenvalue weighted by Crippen LogP contribution is -2.46. The summed E-state index contributed by atoms with van der Waals surface area (Å²) in [5, 5.41) is 0.298. The zero-order chi connectivity index (χ0) is 17.2. The van der Waals surface area contributed by atoms with Gasteiger partial charge in [0, 0.05) is 18.0 Å². The molecule has 0 bridgehead atoms. The first-order valence-corrected chi connectivity index (χ1v) is 7.91. The van der Waals surface area contributed by atoms with Gasteiger partial charge < -0.3 is 14.4 Å². The number of ether oxygens (including phenoxy) is 2. The van der Waals surface area contributed by atoms with Crippen molar-refractivity contribution >= 4 is 17.7 Å². The predicted octanol–water partition coefficient (Wildman–Crippen LogP) is 3.81. The van der Waals surface area contributed by atoms with Crippen LogP contribution < -0.4 is 4.74 Å². The lowest BCUT2D eigenvalue weighted by molar-refractivity contribution is 0.0110. The first kappa shape index (κ1) is 17.8. The van der Waals surface area contributed by atoms with Gasteiger partial charge in [-0.2, -0.15) is 0 Å². The Bertz CT molecular complexity index is 577. The Labute approximate surface area is 140 Å². The number of piperidine rings is 1. The number of methoxy groups -OCH3 is 1. The van der Waals surface area contributed by atoms with E-state index in [1.54, 1.807) is 32.9 Å². The van der Waals surface area contributed by atoms with Gasteiger partial charge in [-0.3, -0.25) is 0 Å². The summed E-state index contributed by atoms with van der Waals surface area (Å²) >= 11 is 5.84. The second-order valence-electron chi connectivity index (χ2n) is 6.57. The predicted molar refractivity (Wildman–Crippen MR) is 85.9 cm³/mol. The Kier molecular flexibility index (Phi) is 5.34. The molecule has 0 spiro atoms. The van der Waals surface area contributed by atoms with E-state index >= 15 is 0 Å². The van der Waals surface area contributed by atoms with Gasteiger partial charge in [0.15, 0.2) is 0 Å². The topological polar surface area (TPSA) is 51.7 Å². The quantitative estimate of drug-likeness (QED) is 0.766. The van der Waals surface area contributed by atoms with Gasteiger partial charge in [0.05, 0.1) is 13.7 Å². The molecule has 128 valence electrons. The second kappa shape index (κ2) is 6.91. The van der Waals surface area contributed by atoms with Gasteiger partial charge in [-0.1, -0.05) is 17.7 Å². The van der Waals surface area contributed by atoms with Crippen LogP contribution in [0.1, 0.15) is 38.7 Å². The molecule has 7 heteroatoms. The molecule has 2 unspecified atom stereocenters. The highest BCUT2D eigenvalue weighted by molar-refractivity contribution is 6.29. The molecule has 0 aromatic carbocycles. The number of carbonyl (C=O) groups is 1. The molecule has 1 aromatic heterocycles. The van der Waals surface area contributed by atoms with Crippen LogP contribution in [0, 0.1) is 0 Å². The number of hydrogen-bond acceptors (Lipinski definition) is 4. The van der Waals surface area contributed by atoms with Gasteiger partial charge in [-0.25, -0.2) is 14.2 Å². The van der Waals surface area contributed by atoms with E-state index in [2.05, 4.69) is 4.98 Å². The van der Waals surface area contributed by atoms with Crippen molar-refractivity contribution in [3.8, 4) is 5.88 Å². The Morgan fingerprint density at radius 3 is 2.70 bits per heavy atom. The fourth-order valence-corrected chi connectivity index (χ4v) is 2.76. The average Bonchev–Trinajstić information content (AvgIpc) is 2.45. The third kappa shape index (κ3) is 4.47. The van der Waals surface area contributed by atoms with Crippen molar-refractivity contribution in [3.05, 3.63) is 22.8 Å². The highest BCUT2D eigenvalue weighted by Gasteiger charge is 2.36. The molecule has 0 N–H and O–H groups in total. The zero-order valence-corrected chi connectivity index (χ0v) is 14.6. The molecule has 0 saturated carbocycles. The number of rotatable bonds is 2. The minimum Gasteiger partial charge on any atom is -0.481 e. The molecule has 2 rings (SSSR count). The largest absolute Gasteiger partial charge is 0.481 e. The minimum atomic E-state index is -1.21. The van der Waals surface area contributed by atoms with Crippen LogP contribution in [0.4, 0.5) is 9.18 Å². The molecule has 0 aliphatic carbocycles. The molecule has 0 radical (unpaired) electrons. The summed E-state index contributed by atoms with van der Waals surface area (Å²) in [5.74, 6) is -0.0516. The van der Waals surface area contributed by atoms with E-state index in [9.17, 15) is 9.18 Å². The number of halogens is 2. The summed E-state index contributed by atoms with van der Waals surface area (Å²) in [5.41, 5.74) is 0.0801. The van der Waals surface area contributed by atoms with Gasteiger partial charge in [0.1, 0.15) is 16.9 Å². The number of nitrogens with zero attached hydrogens (tertiary/aromatic N) is 2. The van der Waals surface area contributed by atoms with Crippen LogP contribution in [0.5, 0.6) is 5.88 Å². The van der Waals surface area contributed by atoms with E-state index < -0.39 is 17.9 Å². The van der Waals surface area contributed by atoms with Crippen LogP contribution in [-0.4, -0.2) is 47.9 Å². The standard InChI is InChI=1S/C16H22ClFN2O3/c1-16(2,3)23-15(21)20-8-7-10(12(18)9-20)11-5-6-13(17)19-14(11)22-4/h5-6,10,12H,7-9H2,1-4H3. The number of aromatic nitrogens is 1. The molecule has 23 heavy (non-hydrogen) atoms. The van der Waals surface area contributed by atoms with E-state index in [1.165, 1.54) is 12.0 Å². The minimum absolute atomic E-state index is 0.00857. The average molecular weight is 345 g/mol. The summed E-state index contributed by atoms with van der Waals surface area (Å²) in [6.07, 6.45) is -1.23. The Morgan fingerprint density at radius 1 is 1.43 bits per heavy atom. The SMILES string of the molecule is COc1nc(Cl)ccc1C1CCN(C(=O)OC(C)(C)C)CC1F. The summed E-state index contributed by atoms with van der Waals surface area (Å²) in [6.45, 7) is 5.77. The Morgan fingerprint density at radius 2 is 2.13 bits per heavy atom. The Balaban J connectivity index is 2.09. The second-order valence-corrected chi connectivity index (χ2v) is 6.96. The molecular weight excluding hydrogens is 323 g/mol. The highest BCUT2D eigenvalue weighted by atomic mass is 35.5. The van der Waals surface area contributed by atoms with Crippen molar-refractivity contribution in [2.75, 3.05) is 20.2 Å². The van der Waals surface area contributed by atoms with E-state index in [0.29, 0.717) is 29.6 Å². The van der Waals surface area contributed by atoms with E-state index in [0.717, 1.165) is 0 Å². The van der Waals surface area contributed by atoms with Crippen molar-refractivity contribution in [2.24, 2.45) is 0 Å². The smallest absolute Gasteiger partial charge is 0.410 e. The van der Waals surface area contributed by atoms with E-state index in [4.69, 9.17) is 21.1 Å². The van der Waals surface area contributed by atoms with Crippen LogP contribution in [0.25, 0.3) is 0 Å². The van der Waals surface area contributed by atoms with Crippen LogP contribution in [0.2, 0.25) is 5.15 Å². The molecule has 1 saturated heterocycles. The molecule has 1 amide bonds. The lowest BCUT2D eigenvalue weighted by Gasteiger charge is -2.36. The van der Waals surface area contributed by atoms with E-state index in [-0.39, 0.29) is 12.5 Å². The number of alkyl halides is 1. The molecular formula is C16H22ClFN2O3. The summed E-state index contributed by atoms with van der Waals surface area (Å²) in [4.78, 5) is 17.5. The maximum absolute atomic E-state index is 14.6. The number of carbonyl (C=O) groups excluding carboxylic acids is 1. The molecule has 1 fully saturated rings. The summed E-state index contributed by atoms with van der Waals surface area (Å²) < 4.78 is 25.1. The fourth-order valence-electron chi connectivity index (χ4n) is 2.62. The van der Waals surface area contributed by atoms with Crippen molar-refractivity contribution in [1.29, 1.82) is 0 Å². The maximum Gasteiger partial charge on any atom is 0.410 e. The maximum atomic E-state index is 14.6. The van der Waals surface area contributed by atoms with Gasteiger partial charge in [-0.15, -0.1) is 0 Å². The Hall–Kier alpha value is -1.56. The van der Waals surface area contributed by atoms with Crippen LogP contribution in [0.15, 0.2) is 12.1 Å². The van der Waals surface area contributed by atoms with Crippen molar-refractivity contribution in [2.45, 2.75) is 44.9 Å². The molecule has 2 heterocycles. The third-order valence-electron chi connectivity index (χ3n) is 3.64. The van der Waals surface area contributed by atoms with Gasteiger partial charge in [-0.05, 0) is 33.3 Å². The number of likely N-dealkylation sites (tertiary alicyclic amines) is 1. The zero-order valence-electron chi connectivity index (χ0n) is 13.8. The van der Waals surface area contributed by atoms with Gasteiger partial charge in [0.2, 0.25) is 5.88 Å². The number of hydrogen-bond donors (Lipinski definition) is 0. The first-order chi connectivity index (χ1) is 10.7. The number of amides is 1. The van der Waals surface area contributed by atoms with Crippen molar-refractivity contribution < 1.29 is 18.7 Å². The highest BCUT2D eigenvalue weighted by Crippen LogP contribution is 2.36. The monoisotopic (exact) mass is 344 g/mol. The molecule has 1 aliphatic heterocycles. The van der Waals surface area contributed by atoms with Crippen molar-refractivity contribution in [1.82, 2.24) is 9.88 Å². The lowest BCUT2D eigenvalue weighted by atomic mass is 9.88. The van der Waals surface area contributed by atoms with Crippen LogP contribution in [0.3, 0.4) is 0 Å². The van der Waals surface area contributed by atoms with Crippen LogP contribution in [-0.2, 0) is 4.74 Å². The fraction of sp³-hybridized carbons (Fsp3) is 0.625. The summed E-state index contributed by atoms with van der Waals surface area (Å²) in [7, 11) is 1.48. The number of pyridine rings is 1. The van der Waals surface area contributed by atoms with Crippen molar-refractivity contribution in [3.63, 3.8) is 0 Å². The molecule has 5 nitrogen and oxygen atoms in total. The molecule has 1 aromatic rings. The van der Waals surface area contributed by atoms with Gasteiger partial charge in [0.25, 0.3) is 0 Å². The molecule has 1 aliphatic rings. The van der Waals surface area contributed by atoms with Gasteiger partial charge >= 0.3 is 6.09 Å². The van der Waals surface area contributed by atoms with E-state index in [1.807, 2.05) is 0 Å². The normalized spacial score (nSPS) is 21.9. The van der Waals surface area contributed by atoms with Crippen LogP contribution >= 0.6 is 11.6 Å².